The smallest absolute Gasteiger partial charge is 0.326 e. The first-order chi connectivity index (χ1) is 44.5. The number of nitrogens with two attached hydrogens (primary N) is 1. The van der Waals surface area contributed by atoms with E-state index >= 15 is 0 Å². The Hall–Kier alpha value is -8.03. The van der Waals surface area contributed by atoms with E-state index in [0.717, 1.165) is 16.0 Å². The van der Waals surface area contributed by atoms with Gasteiger partial charge in [0.1, 0.15) is 24.2 Å². The Morgan fingerprint density at radius 1 is 0.713 bits per heavy atom. The Morgan fingerprint density at radius 3 is 1.90 bits per heavy atom. The number of likely N-dealkylation sites (tertiary alicyclic amines) is 1. The van der Waals surface area contributed by atoms with Crippen LogP contribution in [0.3, 0.4) is 0 Å². The molecule has 0 saturated carbocycles. The third-order valence-electron chi connectivity index (χ3n) is 17.8. The maximum atomic E-state index is 14.8. The largest absolute Gasteiger partial charge is 0.480 e. The molecule has 0 radical (unpaired) electrons. The van der Waals surface area contributed by atoms with Crippen molar-refractivity contribution >= 4 is 70.9 Å². The van der Waals surface area contributed by atoms with Crippen molar-refractivity contribution in [3.05, 3.63) is 90.0 Å². The predicted octanol–water partition coefficient (Wildman–Crippen LogP) is 4.50. The van der Waals surface area contributed by atoms with E-state index in [0.29, 0.717) is 75.7 Å². The number of carboxylic acid groups (broad SMARTS) is 1. The molecule has 0 aromatic heterocycles. The van der Waals surface area contributed by atoms with Crippen LogP contribution in [0.2, 0.25) is 0 Å². The number of benzene rings is 2. The van der Waals surface area contributed by atoms with Gasteiger partial charge in [-0.3, -0.25) is 53.0 Å². The van der Waals surface area contributed by atoms with Gasteiger partial charge in [-0.15, -0.1) is 0 Å². The molecule has 4 rings (SSSR count). The van der Waals surface area contributed by atoms with Gasteiger partial charge in [0.2, 0.25) is 41.4 Å². The number of likely N-dealkylation sites (N-methyl/N-ethyl adjacent to an activating group) is 3. The molecule has 0 bridgehead atoms. The molecule has 2 aliphatic rings. The van der Waals surface area contributed by atoms with Crippen molar-refractivity contribution in [3.63, 3.8) is 0 Å². The maximum Gasteiger partial charge on any atom is 0.326 e. The first-order valence-corrected chi connectivity index (χ1v) is 32.9. The molecule has 2 aliphatic heterocycles. The summed E-state index contributed by atoms with van der Waals surface area (Å²) in [6.45, 7) is 20.2. The Bertz CT molecular complexity index is 2920. The summed E-state index contributed by atoms with van der Waals surface area (Å²) in [5.74, 6) is -6.58. The van der Waals surface area contributed by atoms with Crippen LogP contribution in [0.25, 0.3) is 0 Å². The van der Waals surface area contributed by atoms with Crippen molar-refractivity contribution < 1.29 is 67.3 Å². The van der Waals surface area contributed by atoms with E-state index in [2.05, 4.69) is 33.2 Å². The zero-order valence-electron chi connectivity index (χ0n) is 57.4. The summed E-state index contributed by atoms with van der Waals surface area (Å²) in [4.78, 5) is 154. The monoisotopic (exact) mass is 1310 g/mol. The Morgan fingerprint density at radius 2 is 1.34 bits per heavy atom. The number of primary amides is 1. The average Bonchev–Trinajstić information content (AvgIpc) is 1.40. The number of aliphatic carboxylic acids is 1. The number of carbonyl (C=O) groups excluding carboxylic acids is 10. The third-order valence-corrected chi connectivity index (χ3v) is 17.8. The molecule has 0 aliphatic carbocycles. The second-order valence-corrected chi connectivity index (χ2v) is 25.7. The highest BCUT2D eigenvalue weighted by molar-refractivity contribution is 6.12. The number of imide groups is 1. The van der Waals surface area contributed by atoms with Crippen molar-refractivity contribution in [1.29, 1.82) is 0 Å². The van der Waals surface area contributed by atoms with Crippen LogP contribution in [0.5, 0.6) is 0 Å². The summed E-state index contributed by atoms with van der Waals surface area (Å²) in [5, 5.41) is 23.9. The highest BCUT2D eigenvalue weighted by Crippen LogP contribution is 2.30. The molecule has 2 heterocycles. The van der Waals surface area contributed by atoms with Gasteiger partial charge in [-0.25, -0.2) is 9.59 Å². The number of amides is 11. The summed E-state index contributed by atoms with van der Waals surface area (Å²) >= 11 is 0. The number of rotatable bonds is 40. The molecule has 25 nitrogen and oxygen atoms in total. The zero-order chi connectivity index (χ0) is 70.1. The minimum Gasteiger partial charge on any atom is -0.480 e. The maximum absolute atomic E-state index is 14.8. The summed E-state index contributed by atoms with van der Waals surface area (Å²) in [5.41, 5.74) is 8.09. The Kier molecular flexibility index (Phi) is 32.0. The van der Waals surface area contributed by atoms with Crippen LogP contribution in [0.15, 0.2) is 78.9 Å². The van der Waals surface area contributed by atoms with Crippen LogP contribution in [-0.2, 0) is 70.3 Å². The number of unbranched alkanes of at least 4 members (excludes halogenated alkanes) is 2. The lowest BCUT2D eigenvalue weighted by Gasteiger charge is -2.39. The van der Waals surface area contributed by atoms with E-state index in [1.54, 1.807) is 76.2 Å². The first kappa shape index (κ1) is 78.4. The molecule has 10 atom stereocenters. The zero-order valence-corrected chi connectivity index (χ0v) is 57.4. The van der Waals surface area contributed by atoms with E-state index in [-0.39, 0.29) is 86.1 Å². The van der Waals surface area contributed by atoms with E-state index in [4.69, 9.17) is 15.2 Å². The molecule has 11 amide bonds. The number of hydrogen-bond donors (Lipinski definition) is 7. The number of urea groups is 1. The van der Waals surface area contributed by atoms with Crippen molar-refractivity contribution in [2.45, 2.75) is 187 Å². The predicted molar refractivity (Wildman–Crippen MR) is 357 cm³/mol. The normalized spacial score (nSPS) is 16.8. The molecule has 0 spiro atoms. The summed E-state index contributed by atoms with van der Waals surface area (Å²) in [6.07, 6.45) is 4.94. The summed E-state index contributed by atoms with van der Waals surface area (Å²) in [7, 11) is 7.98. The Balaban J connectivity index is 1.40. The van der Waals surface area contributed by atoms with E-state index in [1.165, 1.54) is 36.2 Å². The molecule has 1 saturated heterocycles. The van der Waals surface area contributed by atoms with E-state index in [1.807, 2.05) is 64.8 Å². The number of hydrogen-bond acceptors (Lipinski definition) is 14. The first-order valence-electron chi connectivity index (χ1n) is 32.9. The van der Waals surface area contributed by atoms with Gasteiger partial charge in [0, 0.05) is 85.2 Å². The molecule has 8 N–H and O–H groups in total. The number of anilines is 1. The third kappa shape index (κ3) is 22.9. The summed E-state index contributed by atoms with van der Waals surface area (Å²) < 4.78 is 12.0. The molecule has 520 valence electrons. The summed E-state index contributed by atoms with van der Waals surface area (Å²) in [6, 6.07) is 9.39. The molecular formula is C69H105N11O14. The highest BCUT2D eigenvalue weighted by atomic mass is 16.5. The number of nitrogens with zero attached hydrogens (tertiary/aromatic N) is 5. The number of carbonyl (C=O) groups is 11. The van der Waals surface area contributed by atoms with E-state index < -0.39 is 96.0 Å². The Labute approximate surface area is 555 Å². The number of methoxy groups -OCH3 is 2. The fraction of sp³-hybridized carbons (Fsp3) is 0.609. The lowest BCUT2D eigenvalue weighted by Crippen LogP contribution is -2.59. The van der Waals surface area contributed by atoms with Gasteiger partial charge >= 0.3 is 12.0 Å². The van der Waals surface area contributed by atoms with Crippen LogP contribution in [0.4, 0.5) is 10.5 Å². The lowest BCUT2D eigenvalue weighted by molar-refractivity contribution is -0.146. The van der Waals surface area contributed by atoms with Crippen LogP contribution >= 0.6 is 0 Å². The van der Waals surface area contributed by atoms with Crippen LogP contribution in [-0.4, -0.2) is 206 Å². The van der Waals surface area contributed by atoms with Crippen LogP contribution < -0.4 is 37.2 Å². The molecule has 0 unspecified atom stereocenters. The van der Waals surface area contributed by atoms with Crippen molar-refractivity contribution in [1.82, 2.24) is 46.2 Å². The number of nitrogens with one attached hydrogen (secondary N) is 5. The quantitative estimate of drug-likeness (QED) is 0.0274. The standard InChI is InChI=1S/C69H105N11O14/c1-15-45(8)61(53(93-13)41-57(84)79-38-23-27-52(79)62(94-14)46(9)63(85)73-51(68(90)91)40-48-24-18-16-19-25-48)78(12)67(89)59(43(4)5)75-65(87)60(44(6)7)76(10)39-35-47-29-31-49(32-30-47)77(11)66(88)50(26-22-36-71-69(70)92)72-64(86)58(42(2)3)74-54(81)28-20-17-21-37-80-55(82)33-34-56(80)83/h16,18-19,24-25,29-34,42-44,46,50-53,58-62H,8,15,17,20-23,26-28,35-41H2,1-7,9-14H3,(H,72,86)(H,73,85)(H,74,81)(H,75,87)(H,90,91)(H3,70,71,92)/t46-,50+,51+,52+,53-,58+,59+,60+,61+,62-/m1/s1. The molecule has 2 aromatic carbocycles. The average molecular weight is 1310 g/mol. The van der Waals surface area contributed by atoms with Crippen molar-refractivity contribution in [2.75, 3.05) is 66.4 Å². The lowest BCUT2D eigenvalue weighted by atomic mass is 9.92. The van der Waals surface area contributed by atoms with Gasteiger partial charge in [0.05, 0.1) is 42.7 Å². The molecule has 25 heteroatoms. The number of carboxylic acids is 1. The molecular weight excluding hydrogens is 1210 g/mol. The van der Waals surface area contributed by atoms with Gasteiger partial charge in [-0.05, 0) is 99.4 Å². The second kappa shape index (κ2) is 38.4. The minimum absolute atomic E-state index is 0.0830. The van der Waals surface area contributed by atoms with Gasteiger partial charge in [0.25, 0.3) is 11.8 Å². The van der Waals surface area contributed by atoms with Crippen molar-refractivity contribution in [3.8, 4) is 0 Å². The number of ether oxygens (including phenoxy) is 2. The van der Waals surface area contributed by atoms with E-state index in [9.17, 15) is 57.8 Å². The highest BCUT2D eigenvalue weighted by Gasteiger charge is 2.44. The second-order valence-electron chi connectivity index (χ2n) is 25.7. The fourth-order valence-electron chi connectivity index (χ4n) is 12.3. The molecule has 1 fully saturated rings. The van der Waals surface area contributed by atoms with Crippen LogP contribution in [0.1, 0.15) is 131 Å². The SMILES string of the molecule is C=C(CC)[C@@H]([C@@H](CC(=O)N1CCC[C@H]1[C@H](OC)[C@@H](C)C(=O)N[C@@H](Cc1ccccc1)C(=O)O)OC)N(C)C(=O)[C@@H](NC(=O)[C@H](C(C)C)N(C)CCc1ccc(N(C)C(=O)[C@H](CCCNC(N)=O)NC(=O)[C@@H](NC(=O)CCCCCN2C(=O)C=CC2=O)C(C)C)cc1)C(C)C. The van der Waals surface area contributed by atoms with Gasteiger partial charge in [0.15, 0.2) is 0 Å². The molecule has 2 aromatic rings. The fourth-order valence-corrected chi connectivity index (χ4v) is 12.3. The molecule has 94 heavy (non-hydrogen) atoms. The van der Waals surface area contributed by atoms with Gasteiger partial charge < -0.3 is 61.6 Å². The topological polar surface area (TPSA) is 329 Å². The van der Waals surface area contributed by atoms with Gasteiger partial charge in [-0.2, -0.15) is 0 Å². The minimum atomic E-state index is -1.19. The van der Waals surface area contributed by atoms with Crippen LogP contribution in [0, 0.1) is 23.7 Å². The van der Waals surface area contributed by atoms with Gasteiger partial charge in [-0.1, -0.05) is 116 Å². The van der Waals surface area contributed by atoms with Crippen molar-refractivity contribution in [2.24, 2.45) is 29.4 Å².